The van der Waals surface area contributed by atoms with E-state index in [2.05, 4.69) is 29.8 Å². The van der Waals surface area contributed by atoms with E-state index in [-0.39, 0.29) is 10.6 Å². The van der Waals surface area contributed by atoms with Gasteiger partial charge in [-0.1, -0.05) is 66.7 Å². The zero-order valence-electron chi connectivity index (χ0n) is 11.3. The van der Waals surface area contributed by atoms with Gasteiger partial charge in [0.2, 0.25) is 0 Å². The highest BCUT2D eigenvalue weighted by Gasteiger charge is 2.21. The minimum atomic E-state index is -0.231. The molecule has 0 amide bonds. The molecule has 0 aliphatic carbocycles. The Morgan fingerprint density at radius 2 is 2.00 bits per heavy atom. The number of unbranched alkanes of at least 4 members (excludes halogenated alkanes) is 1. The third-order valence-corrected chi connectivity index (χ3v) is 5.01. The minimum Gasteiger partial charge on any atom is -0.207 e. The summed E-state index contributed by atoms with van der Waals surface area (Å²) in [6.07, 6.45) is 4.70. The third kappa shape index (κ3) is 3.96. The van der Waals surface area contributed by atoms with E-state index < -0.39 is 0 Å². The molecule has 0 spiro atoms. The van der Waals surface area contributed by atoms with Crippen LogP contribution in [0.2, 0.25) is 5.02 Å². The highest BCUT2D eigenvalue weighted by molar-refractivity contribution is 9.09. The van der Waals surface area contributed by atoms with Crippen LogP contribution in [-0.4, -0.2) is 0 Å². The van der Waals surface area contributed by atoms with E-state index >= 15 is 0 Å². The van der Waals surface area contributed by atoms with Crippen molar-refractivity contribution in [2.75, 3.05) is 0 Å². The number of hydrogen-bond donors (Lipinski definition) is 0. The van der Waals surface area contributed by atoms with Crippen LogP contribution in [0.4, 0.5) is 4.39 Å². The molecule has 0 aromatic heterocycles. The minimum absolute atomic E-state index is 0.209. The molecule has 2 atom stereocenters. The zero-order chi connectivity index (χ0) is 13.7. The first-order chi connectivity index (χ1) is 8.51. The van der Waals surface area contributed by atoms with Crippen molar-refractivity contribution in [2.45, 2.75) is 51.3 Å². The van der Waals surface area contributed by atoms with Gasteiger partial charge in [-0.25, -0.2) is 4.39 Å². The van der Waals surface area contributed by atoms with Crippen LogP contribution >= 0.6 is 27.5 Å². The standard InChI is InChI=1S/C15H21BrClF/c1-4-6-7-11(5-2)15(16)12-8-10(3)14(18)9-13(12)17/h8-9,11,15H,4-7H2,1-3H3. The predicted octanol–water partition coefficient (Wildman–Crippen LogP) is 6.44. The van der Waals surface area contributed by atoms with Crippen molar-refractivity contribution in [3.05, 3.63) is 34.1 Å². The Bertz CT molecular complexity index is 392. The van der Waals surface area contributed by atoms with Crippen LogP contribution in [0.1, 0.15) is 55.5 Å². The second kappa shape index (κ2) is 7.49. The SMILES string of the molecule is CCCCC(CC)C(Br)c1cc(C)c(F)cc1Cl. The third-order valence-electron chi connectivity index (χ3n) is 3.44. The number of hydrogen-bond acceptors (Lipinski definition) is 0. The molecule has 0 radical (unpaired) electrons. The van der Waals surface area contributed by atoms with Gasteiger partial charge in [0.1, 0.15) is 5.82 Å². The Hall–Kier alpha value is -0.0800. The smallest absolute Gasteiger partial charge is 0.127 e. The van der Waals surface area contributed by atoms with Crippen molar-refractivity contribution in [1.82, 2.24) is 0 Å². The van der Waals surface area contributed by atoms with E-state index in [0.717, 1.165) is 12.0 Å². The van der Waals surface area contributed by atoms with Gasteiger partial charge in [-0.2, -0.15) is 0 Å². The molecule has 18 heavy (non-hydrogen) atoms. The molecule has 0 saturated heterocycles. The van der Waals surface area contributed by atoms with Crippen LogP contribution in [0.25, 0.3) is 0 Å². The van der Waals surface area contributed by atoms with E-state index in [4.69, 9.17) is 11.6 Å². The molecule has 2 unspecified atom stereocenters. The maximum Gasteiger partial charge on any atom is 0.127 e. The molecule has 3 heteroatoms. The van der Waals surface area contributed by atoms with Crippen LogP contribution in [0.5, 0.6) is 0 Å². The molecule has 102 valence electrons. The van der Waals surface area contributed by atoms with Crippen molar-refractivity contribution >= 4 is 27.5 Å². The van der Waals surface area contributed by atoms with Crippen molar-refractivity contribution < 1.29 is 4.39 Å². The summed E-state index contributed by atoms with van der Waals surface area (Å²) in [5.74, 6) is 0.317. The van der Waals surface area contributed by atoms with Crippen LogP contribution in [0.15, 0.2) is 12.1 Å². The van der Waals surface area contributed by atoms with Crippen molar-refractivity contribution in [2.24, 2.45) is 5.92 Å². The summed E-state index contributed by atoms with van der Waals surface area (Å²) >= 11 is 9.91. The van der Waals surface area contributed by atoms with E-state index in [1.54, 1.807) is 6.92 Å². The first kappa shape index (κ1) is 16.0. The van der Waals surface area contributed by atoms with Gasteiger partial charge in [0.05, 0.1) is 0 Å². The lowest BCUT2D eigenvalue weighted by Crippen LogP contribution is -2.08. The lowest BCUT2D eigenvalue weighted by atomic mass is 9.91. The highest BCUT2D eigenvalue weighted by atomic mass is 79.9. The van der Waals surface area contributed by atoms with Gasteiger partial charge in [-0.3, -0.25) is 0 Å². The number of aryl methyl sites for hydroxylation is 1. The van der Waals surface area contributed by atoms with Gasteiger partial charge >= 0.3 is 0 Å². The highest BCUT2D eigenvalue weighted by Crippen LogP contribution is 2.40. The summed E-state index contributed by atoms with van der Waals surface area (Å²) in [5, 5.41) is 0.523. The van der Waals surface area contributed by atoms with Gasteiger partial charge in [-0.15, -0.1) is 0 Å². The zero-order valence-corrected chi connectivity index (χ0v) is 13.6. The summed E-state index contributed by atoms with van der Waals surface area (Å²) in [6.45, 7) is 6.17. The van der Waals surface area contributed by atoms with Gasteiger partial charge in [-0.05, 0) is 36.5 Å². The van der Waals surface area contributed by atoms with Gasteiger partial charge in [0, 0.05) is 9.85 Å². The average Bonchev–Trinajstić information content (AvgIpc) is 2.34. The molecule has 1 aromatic rings. The fourth-order valence-electron chi connectivity index (χ4n) is 2.17. The first-order valence-corrected chi connectivity index (χ1v) is 7.90. The maximum absolute atomic E-state index is 13.4. The number of rotatable bonds is 6. The maximum atomic E-state index is 13.4. The van der Waals surface area contributed by atoms with Crippen LogP contribution < -0.4 is 0 Å². The van der Waals surface area contributed by atoms with Crippen molar-refractivity contribution in [1.29, 1.82) is 0 Å². The second-order valence-electron chi connectivity index (χ2n) is 4.84. The molecular formula is C15H21BrClF. The summed E-state index contributed by atoms with van der Waals surface area (Å²) in [7, 11) is 0. The second-order valence-corrected chi connectivity index (χ2v) is 6.23. The lowest BCUT2D eigenvalue weighted by molar-refractivity contribution is 0.446. The molecule has 0 heterocycles. The largest absolute Gasteiger partial charge is 0.207 e. The molecule has 0 bridgehead atoms. The number of halogens is 3. The first-order valence-electron chi connectivity index (χ1n) is 6.60. The van der Waals surface area contributed by atoms with E-state index in [9.17, 15) is 4.39 Å². The van der Waals surface area contributed by atoms with E-state index in [0.29, 0.717) is 16.5 Å². The Balaban J connectivity index is 2.94. The predicted molar refractivity (Wildman–Crippen MR) is 81.1 cm³/mol. The molecule has 0 N–H and O–H groups in total. The van der Waals surface area contributed by atoms with Crippen molar-refractivity contribution in [3.63, 3.8) is 0 Å². The molecular weight excluding hydrogens is 315 g/mol. The van der Waals surface area contributed by atoms with Crippen LogP contribution in [-0.2, 0) is 0 Å². The Kier molecular flexibility index (Phi) is 6.65. The summed E-state index contributed by atoms with van der Waals surface area (Å²) in [4.78, 5) is 0.209. The lowest BCUT2D eigenvalue weighted by Gasteiger charge is -2.23. The monoisotopic (exact) mass is 334 g/mol. The molecule has 1 aromatic carbocycles. The Morgan fingerprint density at radius 1 is 1.33 bits per heavy atom. The molecule has 0 aliphatic heterocycles. The fourth-order valence-corrected chi connectivity index (χ4v) is 3.59. The van der Waals surface area contributed by atoms with Crippen LogP contribution in [0, 0.1) is 18.7 Å². The summed E-state index contributed by atoms with van der Waals surface area (Å²) in [6, 6.07) is 3.29. The Morgan fingerprint density at radius 3 is 2.56 bits per heavy atom. The topological polar surface area (TPSA) is 0 Å². The van der Waals surface area contributed by atoms with E-state index in [1.165, 1.54) is 25.3 Å². The molecule has 0 saturated carbocycles. The summed E-state index contributed by atoms with van der Waals surface area (Å²) < 4.78 is 13.4. The number of alkyl halides is 1. The molecule has 1 rings (SSSR count). The van der Waals surface area contributed by atoms with Gasteiger partial charge < -0.3 is 0 Å². The molecule has 0 fully saturated rings. The van der Waals surface area contributed by atoms with Gasteiger partial charge in [0.25, 0.3) is 0 Å². The molecule has 0 aliphatic rings. The summed E-state index contributed by atoms with van der Waals surface area (Å²) in [5.41, 5.74) is 1.67. The van der Waals surface area contributed by atoms with E-state index in [1.807, 2.05) is 6.07 Å². The Labute approximate surface area is 123 Å². The van der Waals surface area contributed by atoms with Crippen molar-refractivity contribution in [3.8, 4) is 0 Å². The molecule has 0 nitrogen and oxygen atoms in total. The van der Waals surface area contributed by atoms with Gasteiger partial charge in [0.15, 0.2) is 0 Å². The number of benzene rings is 1. The van der Waals surface area contributed by atoms with Crippen LogP contribution in [0.3, 0.4) is 0 Å². The normalized spacial score (nSPS) is 14.6. The quantitative estimate of drug-likeness (QED) is 0.525. The fraction of sp³-hybridized carbons (Fsp3) is 0.600. The average molecular weight is 336 g/mol.